The molecule has 0 saturated heterocycles. The fraction of sp³-hybridized carbons (Fsp3) is 0.167. The number of nitrogens with zero attached hydrogens (tertiary/aromatic N) is 1. The maximum absolute atomic E-state index is 10.8. The summed E-state index contributed by atoms with van der Waals surface area (Å²) in [5.74, 6) is -1.20. The number of nitrogens with one attached hydrogen (secondary N) is 1. The van der Waals surface area contributed by atoms with Gasteiger partial charge in [0.25, 0.3) is 11.8 Å². The maximum Gasteiger partial charge on any atom is 0.331 e. The van der Waals surface area contributed by atoms with E-state index in [-0.39, 0.29) is 0 Å². The Bertz CT molecular complexity index is 239. The lowest BCUT2D eigenvalue weighted by molar-refractivity contribution is -0.133. The molecule has 11 heavy (non-hydrogen) atoms. The van der Waals surface area contributed by atoms with E-state index >= 15 is 0 Å². The van der Waals surface area contributed by atoms with Crippen LogP contribution in [0.15, 0.2) is 12.2 Å². The second-order valence-electron chi connectivity index (χ2n) is 1.90. The first-order valence-corrected chi connectivity index (χ1v) is 2.94. The van der Waals surface area contributed by atoms with Gasteiger partial charge in [-0.3, -0.25) is 9.59 Å². The molecule has 1 heterocycles. The zero-order valence-corrected chi connectivity index (χ0v) is 5.83. The van der Waals surface area contributed by atoms with E-state index in [2.05, 4.69) is 5.32 Å². The summed E-state index contributed by atoms with van der Waals surface area (Å²) in [6, 6.07) is -0.704. The minimum atomic E-state index is -0.704. The van der Waals surface area contributed by atoms with Gasteiger partial charge in [0.1, 0.15) is 0 Å². The first kappa shape index (κ1) is 7.46. The molecule has 1 aliphatic rings. The minimum absolute atomic E-state index is 0.528. The summed E-state index contributed by atoms with van der Waals surface area (Å²) >= 11 is 0. The van der Waals surface area contributed by atoms with Gasteiger partial charge in [-0.15, -0.1) is 0 Å². The van der Waals surface area contributed by atoms with Crippen LogP contribution in [0.25, 0.3) is 0 Å². The van der Waals surface area contributed by atoms with Crippen molar-refractivity contribution in [2.75, 3.05) is 7.05 Å². The molecule has 0 aliphatic carbocycles. The molecule has 5 nitrogen and oxygen atoms in total. The van der Waals surface area contributed by atoms with Crippen LogP contribution in [-0.2, 0) is 9.59 Å². The number of carbonyl (C=O) groups excluding carboxylic acids is 3. The molecule has 0 aromatic heterocycles. The molecular weight excluding hydrogens is 148 g/mol. The van der Waals surface area contributed by atoms with Crippen LogP contribution in [0, 0.1) is 0 Å². The third-order valence-electron chi connectivity index (χ3n) is 1.23. The van der Waals surface area contributed by atoms with Crippen LogP contribution in [0.4, 0.5) is 4.79 Å². The van der Waals surface area contributed by atoms with E-state index in [0.29, 0.717) is 4.90 Å². The highest BCUT2D eigenvalue weighted by atomic mass is 16.2. The number of hydrogen-bond acceptors (Lipinski definition) is 3. The van der Waals surface area contributed by atoms with Gasteiger partial charge < -0.3 is 5.32 Å². The highest BCUT2D eigenvalue weighted by molar-refractivity contribution is 6.22. The van der Waals surface area contributed by atoms with Crippen molar-refractivity contribution in [3.05, 3.63) is 12.2 Å². The average Bonchev–Trinajstić information content (AvgIpc) is 2.30. The first-order chi connectivity index (χ1) is 5.16. The van der Waals surface area contributed by atoms with E-state index in [0.717, 1.165) is 12.2 Å². The Labute approximate surface area is 62.7 Å². The summed E-state index contributed by atoms with van der Waals surface area (Å²) in [7, 11) is 1.35. The number of amides is 4. The number of carbonyl (C=O) groups is 3. The van der Waals surface area contributed by atoms with Crippen LogP contribution in [0.1, 0.15) is 0 Å². The fourth-order valence-electron chi connectivity index (χ4n) is 0.712. The predicted octanol–water partition coefficient (Wildman–Crippen LogP) is -0.749. The van der Waals surface area contributed by atoms with Crippen molar-refractivity contribution < 1.29 is 14.4 Å². The largest absolute Gasteiger partial charge is 0.340 e. The Morgan fingerprint density at radius 3 is 2.18 bits per heavy atom. The van der Waals surface area contributed by atoms with Crippen LogP contribution < -0.4 is 5.32 Å². The number of rotatable bonds is 0. The monoisotopic (exact) mass is 154 g/mol. The minimum Gasteiger partial charge on any atom is -0.340 e. The van der Waals surface area contributed by atoms with E-state index < -0.39 is 17.8 Å². The summed E-state index contributed by atoms with van der Waals surface area (Å²) in [5.41, 5.74) is 0. The molecule has 0 fully saturated rings. The zero-order chi connectivity index (χ0) is 8.43. The molecule has 58 valence electrons. The van der Waals surface area contributed by atoms with Crippen molar-refractivity contribution in [2.24, 2.45) is 0 Å². The molecule has 1 rings (SSSR count). The number of urea groups is 1. The van der Waals surface area contributed by atoms with Crippen molar-refractivity contribution in [3.63, 3.8) is 0 Å². The Morgan fingerprint density at radius 1 is 1.36 bits per heavy atom. The molecule has 5 heteroatoms. The van der Waals surface area contributed by atoms with Gasteiger partial charge in [-0.05, 0) is 0 Å². The molecule has 4 amide bonds. The van der Waals surface area contributed by atoms with Gasteiger partial charge in [-0.2, -0.15) is 4.90 Å². The number of hydrogen-bond donors (Lipinski definition) is 1. The van der Waals surface area contributed by atoms with Crippen molar-refractivity contribution in [2.45, 2.75) is 0 Å². The lowest BCUT2D eigenvalue weighted by Crippen LogP contribution is -2.41. The quantitative estimate of drug-likeness (QED) is 0.467. The molecule has 0 radical (unpaired) electrons. The molecule has 1 N–H and O–H groups in total. The van der Waals surface area contributed by atoms with Crippen LogP contribution in [-0.4, -0.2) is 29.8 Å². The Morgan fingerprint density at radius 2 is 1.82 bits per heavy atom. The molecule has 0 atom stereocenters. The molecule has 0 aromatic rings. The van der Waals surface area contributed by atoms with Crippen LogP contribution in [0.2, 0.25) is 0 Å². The SMILES string of the molecule is CNC(=O)N1C(=O)C=CC1=O. The topological polar surface area (TPSA) is 66.5 Å². The number of imide groups is 3. The van der Waals surface area contributed by atoms with E-state index in [1.807, 2.05) is 0 Å². The lowest BCUT2D eigenvalue weighted by atomic mass is 10.6. The van der Waals surface area contributed by atoms with E-state index in [1.54, 1.807) is 0 Å². The molecule has 0 bridgehead atoms. The van der Waals surface area contributed by atoms with Gasteiger partial charge in [0.2, 0.25) is 0 Å². The lowest BCUT2D eigenvalue weighted by Gasteiger charge is -2.09. The maximum atomic E-state index is 10.8. The zero-order valence-electron chi connectivity index (χ0n) is 5.83. The summed E-state index contributed by atoms with van der Waals surface area (Å²) in [6.07, 6.45) is 2.11. The van der Waals surface area contributed by atoms with Gasteiger partial charge >= 0.3 is 6.03 Å². The Balaban J connectivity index is 2.82. The predicted molar refractivity (Wildman–Crippen MR) is 35.4 cm³/mol. The van der Waals surface area contributed by atoms with Gasteiger partial charge in [0.05, 0.1) is 0 Å². The second-order valence-corrected chi connectivity index (χ2v) is 1.90. The smallest absolute Gasteiger partial charge is 0.331 e. The molecular formula is C6H6N2O3. The molecule has 0 aromatic carbocycles. The van der Waals surface area contributed by atoms with Crippen LogP contribution in [0.3, 0.4) is 0 Å². The first-order valence-electron chi connectivity index (χ1n) is 2.94. The van der Waals surface area contributed by atoms with E-state index in [9.17, 15) is 14.4 Å². The summed E-state index contributed by atoms with van der Waals surface area (Å²) in [6.45, 7) is 0. The molecule has 0 saturated carbocycles. The van der Waals surface area contributed by atoms with Crippen molar-refractivity contribution >= 4 is 17.8 Å². The highest BCUT2D eigenvalue weighted by Gasteiger charge is 2.28. The Hall–Kier alpha value is -1.65. The molecule has 1 aliphatic heterocycles. The second kappa shape index (κ2) is 2.53. The highest BCUT2D eigenvalue weighted by Crippen LogP contribution is 2.02. The molecule has 0 spiro atoms. The summed E-state index contributed by atoms with van der Waals surface area (Å²) in [4.78, 5) is 32.8. The summed E-state index contributed by atoms with van der Waals surface area (Å²) in [5, 5.41) is 2.17. The van der Waals surface area contributed by atoms with Crippen molar-refractivity contribution in [1.82, 2.24) is 10.2 Å². The van der Waals surface area contributed by atoms with E-state index in [4.69, 9.17) is 0 Å². The fourth-order valence-corrected chi connectivity index (χ4v) is 0.712. The Kier molecular flexibility index (Phi) is 1.72. The average molecular weight is 154 g/mol. The van der Waals surface area contributed by atoms with Crippen molar-refractivity contribution in [1.29, 1.82) is 0 Å². The van der Waals surface area contributed by atoms with Crippen LogP contribution in [0.5, 0.6) is 0 Å². The third kappa shape index (κ3) is 1.12. The normalized spacial score (nSPS) is 15.9. The van der Waals surface area contributed by atoms with Gasteiger partial charge in [0, 0.05) is 19.2 Å². The van der Waals surface area contributed by atoms with E-state index in [1.165, 1.54) is 7.05 Å². The standard InChI is InChI=1S/C6H6N2O3/c1-7-6(11)8-4(9)2-3-5(8)10/h2-3H,1H3,(H,7,11). The summed E-state index contributed by atoms with van der Waals surface area (Å²) < 4.78 is 0. The third-order valence-corrected chi connectivity index (χ3v) is 1.23. The van der Waals surface area contributed by atoms with Gasteiger partial charge in [0.15, 0.2) is 0 Å². The molecule has 0 unspecified atom stereocenters. The van der Waals surface area contributed by atoms with Crippen LogP contribution >= 0.6 is 0 Å². The van der Waals surface area contributed by atoms with Gasteiger partial charge in [-0.25, -0.2) is 4.79 Å². The van der Waals surface area contributed by atoms with Crippen molar-refractivity contribution in [3.8, 4) is 0 Å². The van der Waals surface area contributed by atoms with Gasteiger partial charge in [-0.1, -0.05) is 0 Å².